The van der Waals surface area contributed by atoms with Crippen molar-refractivity contribution in [2.75, 3.05) is 25.0 Å². The second-order valence-electron chi connectivity index (χ2n) is 7.82. The van der Waals surface area contributed by atoms with E-state index in [9.17, 15) is 27.5 Å². The fourth-order valence-corrected chi connectivity index (χ4v) is 3.92. The number of halogens is 4. The number of aromatic nitrogens is 1. The lowest BCUT2D eigenvalue weighted by Crippen LogP contribution is -2.34. The number of carboxylic acids is 1. The summed E-state index contributed by atoms with van der Waals surface area (Å²) in [5, 5.41) is 15.8. The van der Waals surface area contributed by atoms with Gasteiger partial charge in [-0.2, -0.15) is 13.2 Å². The maximum absolute atomic E-state index is 14.6. The van der Waals surface area contributed by atoms with E-state index in [-0.39, 0.29) is 22.9 Å². The van der Waals surface area contributed by atoms with E-state index in [1.54, 1.807) is 6.07 Å². The number of anilines is 1. The van der Waals surface area contributed by atoms with Gasteiger partial charge in [0.25, 0.3) is 0 Å². The maximum Gasteiger partial charge on any atom is 0.422 e. The van der Waals surface area contributed by atoms with Crippen LogP contribution in [-0.4, -0.2) is 41.9 Å². The van der Waals surface area contributed by atoms with E-state index in [1.807, 2.05) is 12.1 Å². The molecule has 0 radical (unpaired) electrons. The summed E-state index contributed by atoms with van der Waals surface area (Å²) >= 11 is 0. The number of hydrogen-bond donors (Lipinski definition) is 3. The Morgan fingerprint density at radius 3 is 2.76 bits per heavy atom. The third-order valence-corrected chi connectivity index (χ3v) is 5.51. The summed E-state index contributed by atoms with van der Waals surface area (Å²) in [4.78, 5) is 15.4. The van der Waals surface area contributed by atoms with Crippen LogP contribution in [0, 0.1) is 5.82 Å². The summed E-state index contributed by atoms with van der Waals surface area (Å²) in [7, 11) is 0. The first-order chi connectivity index (χ1) is 16.2. The van der Waals surface area contributed by atoms with Crippen molar-refractivity contribution in [2.45, 2.75) is 18.6 Å². The fraction of sp³-hybridized carbons (Fsp3) is 0.250. The van der Waals surface area contributed by atoms with Crippen molar-refractivity contribution in [2.24, 2.45) is 0 Å². The Morgan fingerprint density at radius 1 is 1.21 bits per heavy atom. The van der Waals surface area contributed by atoms with Crippen LogP contribution in [0.2, 0.25) is 0 Å². The predicted octanol–water partition coefficient (Wildman–Crippen LogP) is 4.83. The summed E-state index contributed by atoms with van der Waals surface area (Å²) in [6, 6.07) is 10.5. The molecule has 34 heavy (non-hydrogen) atoms. The molecule has 3 N–H and O–H groups in total. The zero-order valence-electron chi connectivity index (χ0n) is 17.8. The van der Waals surface area contributed by atoms with Gasteiger partial charge in [0, 0.05) is 30.4 Å². The van der Waals surface area contributed by atoms with Crippen LogP contribution in [0.15, 0.2) is 54.9 Å². The van der Waals surface area contributed by atoms with Crippen LogP contribution in [0.25, 0.3) is 11.1 Å². The molecular formula is C24H21F4N3O3. The molecule has 1 aliphatic rings. The van der Waals surface area contributed by atoms with E-state index in [4.69, 9.17) is 0 Å². The highest BCUT2D eigenvalue weighted by atomic mass is 19.4. The summed E-state index contributed by atoms with van der Waals surface area (Å²) in [6.45, 7) is -0.397. The molecule has 0 fully saturated rings. The third kappa shape index (κ3) is 5.45. The van der Waals surface area contributed by atoms with Gasteiger partial charge in [0.2, 0.25) is 0 Å². The monoisotopic (exact) mass is 475 g/mol. The summed E-state index contributed by atoms with van der Waals surface area (Å²) in [5.41, 5.74) is 3.40. The number of rotatable bonds is 7. The number of ether oxygens (including phenoxy) is 1. The number of carboxylic acid groups (broad SMARTS) is 1. The lowest BCUT2D eigenvalue weighted by molar-refractivity contribution is -0.153. The average molecular weight is 475 g/mol. The van der Waals surface area contributed by atoms with Gasteiger partial charge in [-0.3, -0.25) is 4.98 Å². The van der Waals surface area contributed by atoms with Gasteiger partial charge in [-0.25, -0.2) is 9.18 Å². The van der Waals surface area contributed by atoms with Gasteiger partial charge in [0.1, 0.15) is 11.6 Å². The lowest BCUT2D eigenvalue weighted by Gasteiger charge is -2.28. The molecule has 178 valence electrons. The number of carbonyl (C=O) groups is 1. The Hall–Kier alpha value is -3.66. The van der Waals surface area contributed by atoms with Gasteiger partial charge in [0.05, 0.1) is 17.4 Å². The molecule has 1 aliphatic heterocycles. The topological polar surface area (TPSA) is 83.5 Å². The average Bonchev–Trinajstić information content (AvgIpc) is 2.80. The van der Waals surface area contributed by atoms with Crippen LogP contribution in [0.1, 0.15) is 27.5 Å². The number of alkyl halides is 3. The van der Waals surface area contributed by atoms with E-state index in [0.717, 1.165) is 17.2 Å². The number of pyridine rings is 1. The van der Waals surface area contributed by atoms with Crippen molar-refractivity contribution >= 4 is 11.7 Å². The zero-order valence-corrected chi connectivity index (χ0v) is 17.8. The highest BCUT2D eigenvalue weighted by Crippen LogP contribution is 2.32. The van der Waals surface area contributed by atoms with Crippen molar-refractivity contribution in [1.29, 1.82) is 0 Å². The van der Waals surface area contributed by atoms with E-state index in [1.165, 1.54) is 30.6 Å². The SMILES string of the molecule is O=C(O)c1ccncc1NC[C@@H]1NCCc2cc(-c3ccc(OCC(F)(F)F)cc3F)ccc21. The lowest BCUT2D eigenvalue weighted by atomic mass is 9.90. The zero-order chi connectivity index (χ0) is 24.3. The van der Waals surface area contributed by atoms with Crippen LogP contribution in [0.4, 0.5) is 23.2 Å². The number of aromatic carboxylic acids is 1. The molecule has 3 aromatic rings. The number of benzene rings is 2. The number of nitrogens with one attached hydrogen (secondary N) is 2. The smallest absolute Gasteiger partial charge is 0.422 e. The molecule has 1 atom stereocenters. The van der Waals surface area contributed by atoms with Gasteiger partial charge in [-0.05, 0) is 47.9 Å². The van der Waals surface area contributed by atoms with Crippen LogP contribution in [-0.2, 0) is 6.42 Å². The molecule has 0 unspecified atom stereocenters. The quantitative estimate of drug-likeness (QED) is 0.425. The van der Waals surface area contributed by atoms with Gasteiger partial charge in [-0.15, -0.1) is 0 Å². The molecule has 0 saturated carbocycles. The largest absolute Gasteiger partial charge is 0.484 e. The van der Waals surface area contributed by atoms with E-state index in [0.29, 0.717) is 30.8 Å². The third-order valence-electron chi connectivity index (χ3n) is 5.51. The second-order valence-corrected chi connectivity index (χ2v) is 7.82. The molecule has 6 nitrogen and oxygen atoms in total. The van der Waals surface area contributed by atoms with Crippen molar-refractivity contribution in [1.82, 2.24) is 10.3 Å². The van der Waals surface area contributed by atoms with Gasteiger partial charge >= 0.3 is 12.1 Å². The first-order valence-corrected chi connectivity index (χ1v) is 10.5. The number of nitrogens with zero attached hydrogens (tertiary/aromatic N) is 1. The highest BCUT2D eigenvalue weighted by molar-refractivity contribution is 5.93. The summed E-state index contributed by atoms with van der Waals surface area (Å²) in [5.74, 6) is -1.92. The van der Waals surface area contributed by atoms with Crippen molar-refractivity contribution < 1.29 is 32.2 Å². The maximum atomic E-state index is 14.6. The van der Waals surface area contributed by atoms with Crippen LogP contribution < -0.4 is 15.4 Å². The molecule has 10 heteroatoms. The van der Waals surface area contributed by atoms with E-state index >= 15 is 0 Å². The van der Waals surface area contributed by atoms with Gasteiger partial charge < -0.3 is 20.5 Å². The normalized spacial score (nSPS) is 15.5. The number of fused-ring (bicyclic) bond motifs is 1. The Bertz CT molecular complexity index is 1200. The molecule has 2 aromatic carbocycles. The molecule has 1 aromatic heterocycles. The van der Waals surface area contributed by atoms with Gasteiger partial charge in [0.15, 0.2) is 6.61 Å². The molecule has 0 aliphatic carbocycles. The molecule has 0 saturated heterocycles. The molecular weight excluding hydrogens is 454 g/mol. The number of hydrogen-bond acceptors (Lipinski definition) is 5. The minimum Gasteiger partial charge on any atom is -0.484 e. The predicted molar refractivity (Wildman–Crippen MR) is 118 cm³/mol. The van der Waals surface area contributed by atoms with Gasteiger partial charge in [-0.1, -0.05) is 18.2 Å². The fourth-order valence-electron chi connectivity index (χ4n) is 3.92. The Balaban J connectivity index is 1.51. The summed E-state index contributed by atoms with van der Waals surface area (Å²) < 4.78 is 56.2. The van der Waals surface area contributed by atoms with Crippen molar-refractivity contribution in [3.05, 3.63) is 77.4 Å². The second kappa shape index (κ2) is 9.68. The first kappa shape index (κ1) is 23.5. The van der Waals surface area contributed by atoms with Crippen LogP contribution in [0.3, 0.4) is 0 Å². The Labute approximate surface area is 192 Å². The van der Waals surface area contributed by atoms with E-state index in [2.05, 4.69) is 20.4 Å². The Kier molecular flexibility index (Phi) is 6.69. The Morgan fingerprint density at radius 2 is 2.03 bits per heavy atom. The molecule has 0 amide bonds. The molecule has 0 bridgehead atoms. The van der Waals surface area contributed by atoms with E-state index < -0.39 is 24.6 Å². The molecule has 4 rings (SSSR count). The van der Waals surface area contributed by atoms with Crippen molar-refractivity contribution in [3.63, 3.8) is 0 Å². The minimum absolute atomic E-state index is 0.109. The minimum atomic E-state index is -4.50. The standard InChI is InChI=1S/C24H21F4N3O3/c25-20-10-16(34-13-24(26,27)28)2-4-17(20)14-1-3-18-15(9-14)5-8-30-22(18)12-31-21-11-29-7-6-19(21)23(32)33/h1-4,6-7,9-11,22,30-31H,5,8,12-13H2,(H,32,33)/t22-/m0/s1. The van der Waals surface area contributed by atoms with Crippen LogP contribution >= 0.6 is 0 Å². The first-order valence-electron chi connectivity index (χ1n) is 10.5. The molecule has 0 spiro atoms. The summed E-state index contributed by atoms with van der Waals surface area (Å²) in [6.07, 6.45) is -0.916. The van der Waals surface area contributed by atoms with Crippen molar-refractivity contribution in [3.8, 4) is 16.9 Å². The highest BCUT2D eigenvalue weighted by Gasteiger charge is 2.28. The van der Waals surface area contributed by atoms with Crippen LogP contribution in [0.5, 0.6) is 5.75 Å². The molecule has 2 heterocycles.